The molecule has 3 rings (SSSR count). The topological polar surface area (TPSA) is 95.6 Å². The molecule has 26 heavy (non-hydrogen) atoms. The summed E-state index contributed by atoms with van der Waals surface area (Å²) in [5.74, 6) is 0.150. The Kier molecular flexibility index (Phi) is 5.02. The third-order valence-corrected chi connectivity index (χ3v) is 5.35. The van der Waals surface area contributed by atoms with E-state index in [0.717, 1.165) is 12.8 Å². The first-order valence-electron chi connectivity index (χ1n) is 9.20. The molecule has 142 valence electrons. The normalized spacial score (nSPS) is 20.3. The van der Waals surface area contributed by atoms with E-state index in [9.17, 15) is 14.4 Å². The molecule has 3 heterocycles. The number of carbonyl (C=O) groups is 2. The lowest BCUT2D eigenvalue weighted by molar-refractivity contribution is 0.00301. The average Bonchev–Trinajstić information content (AvgIpc) is 2.91. The molecule has 8 nitrogen and oxygen atoms in total. The van der Waals surface area contributed by atoms with Gasteiger partial charge in [0, 0.05) is 38.2 Å². The van der Waals surface area contributed by atoms with Gasteiger partial charge in [-0.15, -0.1) is 0 Å². The van der Waals surface area contributed by atoms with Crippen molar-refractivity contribution in [2.24, 2.45) is 0 Å². The maximum atomic E-state index is 12.6. The number of nitrogens with one attached hydrogen (secondary N) is 1. The summed E-state index contributed by atoms with van der Waals surface area (Å²) in [7, 11) is 0. The molecule has 0 radical (unpaired) electrons. The first-order chi connectivity index (χ1) is 12.3. The Balaban J connectivity index is 1.65. The lowest BCUT2D eigenvalue weighted by atomic mass is 9.90. The maximum Gasteiger partial charge on any atom is 0.410 e. The van der Waals surface area contributed by atoms with E-state index < -0.39 is 11.2 Å². The number of ether oxygens (including phenoxy) is 1. The summed E-state index contributed by atoms with van der Waals surface area (Å²) in [5.41, 5.74) is -0.892. The minimum absolute atomic E-state index is 0.0492. The first-order valence-corrected chi connectivity index (χ1v) is 9.20. The van der Waals surface area contributed by atoms with Gasteiger partial charge in [-0.05, 0) is 20.3 Å². The molecule has 2 aliphatic heterocycles. The van der Waals surface area contributed by atoms with E-state index in [4.69, 9.17) is 4.74 Å². The van der Waals surface area contributed by atoms with E-state index in [-0.39, 0.29) is 23.6 Å². The Morgan fingerprint density at radius 2 is 2.08 bits per heavy atom. The van der Waals surface area contributed by atoms with Gasteiger partial charge >= 0.3 is 6.09 Å². The van der Waals surface area contributed by atoms with Gasteiger partial charge in [0.15, 0.2) is 0 Å². The summed E-state index contributed by atoms with van der Waals surface area (Å²) in [5, 5.41) is 0. The van der Waals surface area contributed by atoms with E-state index in [0.29, 0.717) is 38.3 Å². The minimum Gasteiger partial charge on any atom is -0.441 e. The van der Waals surface area contributed by atoms with Crippen LogP contribution in [0.1, 0.15) is 55.7 Å². The molecule has 1 aromatic rings. The number of piperidine rings is 1. The van der Waals surface area contributed by atoms with Crippen LogP contribution in [0.25, 0.3) is 0 Å². The number of rotatable bonds is 4. The fourth-order valence-corrected chi connectivity index (χ4v) is 3.74. The molecular weight excluding hydrogens is 336 g/mol. The molecule has 1 spiro atoms. The zero-order valence-corrected chi connectivity index (χ0v) is 15.6. The van der Waals surface area contributed by atoms with Crippen molar-refractivity contribution in [1.82, 2.24) is 19.8 Å². The highest BCUT2D eigenvalue weighted by Crippen LogP contribution is 2.35. The lowest BCUT2D eigenvalue weighted by Crippen LogP contribution is -2.49. The van der Waals surface area contributed by atoms with Crippen molar-refractivity contribution in [3.05, 3.63) is 27.9 Å². The Labute approximate surface area is 152 Å². The standard InChI is InChI=1S/C18H26N4O4/c1-4-5-12(2)22-11-18(26-17(22)25)6-8-21(9-7-18)16(24)14-10-19-13(3)20-15(14)23/h10,12H,4-9,11H2,1-3H3,(H,19,20,23)/t12-/m1/s1. The number of carbonyl (C=O) groups excluding carboxylic acids is 2. The van der Waals surface area contributed by atoms with Crippen LogP contribution in [0.15, 0.2) is 11.0 Å². The van der Waals surface area contributed by atoms with Gasteiger partial charge < -0.3 is 19.5 Å². The van der Waals surface area contributed by atoms with Crippen LogP contribution < -0.4 is 5.56 Å². The molecule has 8 heteroatoms. The molecule has 0 bridgehead atoms. The quantitative estimate of drug-likeness (QED) is 0.879. The van der Waals surface area contributed by atoms with Gasteiger partial charge in [-0.1, -0.05) is 13.3 Å². The van der Waals surface area contributed by atoms with Crippen LogP contribution in [0.5, 0.6) is 0 Å². The predicted molar refractivity (Wildman–Crippen MR) is 95.0 cm³/mol. The van der Waals surface area contributed by atoms with Crippen LogP contribution >= 0.6 is 0 Å². The smallest absolute Gasteiger partial charge is 0.410 e. The molecule has 2 aliphatic rings. The van der Waals surface area contributed by atoms with Crippen molar-refractivity contribution in [2.75, 3.05) is 19.6 Å². The fraction of sp³-hybridized carbons (Fsp3) is 0.667. The van der Waals surface area contributed by atoms with Gasteiger partial charge in [0.05, 0.1) is 6.54 Å². The zero-order valence-electron chi connectivity index (χ0n) is 15.6. The number of hydrogen-bond donors (Lipinski definition) is 1. The fourth-order valence-electron chi connectivity index (χ4n) is 3.74. The van der Waals surface area contributed by atoms with Crippen molar-refractivity contribution in [1.29, 1.82) is 0 Å². The molecule has 0 saturated carbocycles. The number of likely N-dealkylation sites (tertiary alicyclic amines) is 1. The molecule has 1 N–H and O–H groups in total. The van der Waals surface area contributed by atoms with Gasteiger partial charge in [-0.2, -0.15) is 0 Å². The summed E-state index contributed by atoms with van der Waals surface area (Å²) >= 11 is 0. The summed E-state index contributed by atoms with van der Waals surface area (Å²) in [4.78, 5) is 46.8. The molecule has 0 aromatic carbocycles. The van der Waals surface area contributed by atoms with Crippen molar-refractivity contribution >= 4 is 12.0 Å². The van der Waals surface area contributed by atoms with Crippen LogP contribution in [-0.2, 0) is 4.74 Å². The Morgan fingerprint density at radius 3 is 2.69 bits per heavy atom. The van der Waals surface area contributed by atoms with Gasteiger partial charge in [0.1, 0.15) is 17.0 Å². The number of hydrogen-bond acceptors (Lipinski definition) is 5. The van der Waals surface area contributed by atoms with Gasteiger partial charge in [-0.25, -0.2) is 9.78 Å². The van der Waals surface area contributed by atoms with E-state index in [1.165, 1.54) is 6.20 Å². The highest BCUT2D eigenvalue weighted by atomic mass is 16.6. The van der Waals surface area contributed by atoms with Crippen LogP contribution in [0.2, 0.25) is 0 Å². The monoisotopic (exact) mass is 362 g/mol. The first kappa shape index (κ1) is 18.4. The summed E-state index contributed by atoms with van der Waals surface area (Å²) in [6.07, 6.45) is 4.18. The summed E-state index contributed by atoms with van der Waals surface area (Å²) in [6, 6.07) is 0.156. The molecule has 1 aromatic heterocycles. The molecular formula is C18H26N4O4. The van der Waals surface area contributed by atoms with Crippen molar-refractivity contribution < 1.29 is 14.3 Å². The maximum absolute atomic E-state index is 12.6. The number of aromatic amines is 1. The number of amides is 2. The number of nitrogens with zero attached hydrogens (tertiary/aromatic N) is 3. The van der Waals surface area contributed by atoms with Crippen molar-refractivity contribution in [2.45, 2.75) is 58.1 Å². The van der Waals surface area contributed by atoms with E-state index in [2.05, 4.69) is 16.9 Å². The van der Waals surface area contributed by atoms with Gasteiger partial charge in [-0.3, -0.25) is 9.59 Å². The average molecular weight is 362 g/mol. The zero-order chi connectivity index (χ0) is 18.9. The minimum atomic E-state index is -0.520. The SMILES string of the molecule is CCC[C@@H](C)N1CC2(CCN(C(=O)c3cnc(C)[nH]c3=O)CC2)OC1=O. The second-order valence-corrected chi connectivity index (χ2v) is 7.32. The third kappa shape index (κ3) is 3.45. The van der Waals surface area contributed by atoms with Gasteiger partial charge in [0.25, 0.3) is 11.5 Å². The second kappa shape index (κ2) is 7.09. The summed E-state index contributed by atoms with van der Waals surface area (Å²) in [6.45, 7) is 7.28. The molecule has 2 saturated heterocycles. The summed E-state index contributed by atoms with van der Waals surface area (Å²) < 4.78 is 5.71. The highest BCUT2D eigenvalue weighted by Gasteiger charge is 2.48. The number of aryl methyl sites for hydroxylation is 1. The Bertz CT molecular complexity index is 752. The Hall–Kier alpha value is -2.38. The molecule has 0 unspecified atom stereocenters. The van der Waals surface area contributed by atoms with Crippen molar-refractivity contribution in [3.8, 4) is 0 Å². The largest absolute Gasteiger partial charge is 0.441 e. The van der Waals surface area contributed by atoms with Gasteiger partial charge in [0.2, 0.25) is 0 Å². The lowest BCUT2D eigenvalue weighted by Gasteiger charge is -2.37. The number of H-pyrrole nitrogens is 1. The molecule has 2 fully saturated rings. The van der Waals surface area contributed by atoms with Crippen LogP contribution in [0.3, 0.4) is 0 Å². The van der Waals surface area contributed by atoms with E-state index in [1.54, 1.807) is 16.7 Å². The second-order valence-electron chi connectivity index (χ2n) is 7.32. The van der Waals surface area contributed by atoms with Crippen molar-refractivity contribution in [3.63, 3.8) is 0 Å². The Morgan fingerprint density at radius 1 is 1.38 bits per heavy atom. The molecule has 2 amide bonds. The predicted octanol–water partition coefficient (Wildman–Crippen LogP) is 1.69. The highest BCUT2D eigenvalue weighted by molar-refractivity contribution is 5.93. The molecule has 1 atom stereocenters. The number of aromatic nitrogens is 2. The van der Waals surface area contributed by atoms with E-state index >= 15 is 0 Å². The van der Waals surface area contributed by atoms with Crippen LogP contribution in [-0.4, -0.2) is 63.0 Å². The van der Waals surface area contributed by atoms with E-state index in [1.807, 2.05) is 6.92 Å². The van der Waals surface area contributed by atoms with Crippen LogP contribution in [0, 0.1) is 6.92 Å². The molecule has 0 aliphatic carbocycles. The van der Waals surface area contributed by atoms with Crippen LogP contribution in [0.4, 0.5) is 4.79 Å². The third-order valence-electron chi connectivity index (χ3n) is 5.35.